The number of fused-ring (bicyclic) bond motifs is 1. The fraction of sp³-hybridized carbons (Fsp3) is 0.226. The Morgan fingerprint density at radius 2 is 1.50 bits per heavy atom. The predicted octanol–water partition coefficient (Wildman–Crippen LogP) is 5.51. The molecule has 0 bridgehead atoms. The molecule has 3 aromatic carbocycles. The lowest BCUT2D eigenvalue weighted by Crippen LogP contribution is -2.50. The highest BCUT2D eigenvalue weighted by Crippen LogP contribution is 2.33. The second-order valence-corrected chi connectivity index (χ2v) is 10.6. The van der Waals surface area contributed by atoms with E-state index in [1.807, 2.05) is 42.5 Å². The van der Waals surface area contributed by atoms with Gasteiger partial charge in [0.25, 0.3) is 11.5 Å². The molecule has 1 N–H and O–H groups in total. The molecule has 204 valence electrons. The van der Waals surface area contributed by atoms with Crippen molar-refractivity contribution in [2.24, 2.45) is 0 Å². The van der Waals surface area contributed by atoms with Gasteiger partial charge in [0, 0.05) is 53.6 Å². The maximum atomic E-state index is 13.8. The molecule has 0 aliphatic carbocycles. The van der Waals surface area contributed by atoms with Crippen molar-refractivity contribution < 1.29 is 19.5 Å². The number of piperazine rings is 1. The van der Waals surface area contributed by atoms with Crippen LogP contribution in [0.3, 0.4) is 0 Å². The van der Waals surface area contributed by atoms with Gasteiger partial charge in [0.1, 0.15) is 0 Å². The van der Waals surface area contributed by atoms with Gasteiger partial charge in [0.05, 0.1) is 12.2 Å². The third-order valence-electron chi connectivity index (χ3n) is 7.26. The molecule has 9 heteroatoms. The molecule has 1 aliphatic heterocycles. The van der Waals surface area contributed by atoms with Crippen LogP contribution >= 0.6 is 15.9 Å². The zero-order chi connectivity index (χ0) is 28.4. The number of halogens is 1. The summed E-state index contributed by atoms with van der Waals surface area (Å²) in [6.07, 6.45) is -0.745. The molecule has 40 heavy (non-hydrogen) atoms. The largest absolute Gasteiger partial charge is 0.465 e. The fourth-order valence-electron chi connectivity index (χ4n) is 5.14. The van der Waals surface area contributed by atoms with E-state index in [-0.39, 0.29) is 43.3 Å². The molecule has 1 aromatic heterocycles. The smallest absolute Gasteiger partial charge is 0.407 e. The lowest BCUT2D eigenvalue weighted by molar-refractivity contribution is 0.0625. The van der Waals surface area contributed by atoms with Crippen molar-refractivity contribution in [3.8, 4) is 11.1 Å². The van der Waals surface area contributed by atoms with Crippen LogP contribution in [0.15, 0.2) is 82.1 Å². The van der Waals surface area contributed by atoms with E-state index in [2.05, 4.69) is 15.9 Å². The van der Waals surface area contributed by atoms with Gasteiger partial charge in [-0.1, -0.05) is 65.3 Å². The first-order valence-electron chi connectivity index (χ1n) is 13.1. The van der Waals surface area contributed by atoms with Crippen molar-refractivity contribution in [1.29, 1.82) is 0 Å². The summed E-state index contributed by atoms with van der Waals surface area (Å²) >= 11 is 3.52. The minimum atomic E-state index is -0.982. The van der Waals surface area contributed by atoms with Gasteiger partial charge in [-0.15, -0.1) is 0 Å². The Labute approximate surface area is 239 Å². The molecule has 0 radical (unpaired) electrons. The lowest BCUT2D eigenvalue weighted by Gasteiger charge is -2.33. The van der Waals surface area contributed by atoms with E-state index >= 15 is 0 Å². The summed E-state index contributed by atoms with van der Waals surface area (Å²) in [5.41, 5.74) is 2.93. The summed E-state index contributed by atoms with van der Waals surface area (Å²) in [5.74, 6) is -0.302. The SMILES string of the molecule is CCC(=O)c1c(-c2ccccc2)c2cc(Br)ccc2c(=O)n1Cc1ccc(C(=O)N2CCN(C(=O)O)CC2)cc1. The minimum Gasteiger partial charge on any atom is -0.465 e. The van der Waals surface area contributed by atoms with Crippen LogP contribution in [-0.4, -0.2) is 63.4 Å². The Morgan fingerprint density at radius 1 is 0.850 bits per heavy atom. The van der Waals surface area contributed by atoms with Crippen LogP contribution in [0, 0.1) is 0 Å². The molecular formula is C31H28BrN3O5. The number of aromatic nitrogens is 1. The van der Waals surface area contributed by atoms with E-state index in [0.717, 1.165) is 21.2 Å². The number of Topliss-reactive ketones (excluding diaryl/α,β-unsaturated/α-hetero) is 1. The highest BCUT2D eigenvalue weighted by Gasteiger charge is 2.25. The van der Waals surface area contributed by atoms with Gasteiger partial charge in [-0.25, -0.2) is 4.79 Å². The number of hydrogen-bond donors (Lipinski definition) is 1. The van der Waals surface area contributed by atoms with Crippen molar-refractivity contribution in [2.45, 2.75) is 19.9 Å². The van der Waals surface area contributed by atoms with Crippen LogP contribution in [0.4, 0.5) is 4.79 Å². The monoisotopic (exact) mass is 601 g/mol. The van der Waals surface area contributed by atoms with Gasteiger partial charge in [0.15, 0.2) is 5.78 Å². The quantitative estimate of drug-likeness (QED) is 0.294. The molecule has 0 unspecified atom stereocenters. The first kappa shape index (κ1) is 27.3. The minimum absolute atomic E-state index is 0.134. The topological polar surface area (TPSA) is 99.9 Å². The van der Waals surface area contributed by atoms with Gasteiger partial charge in [-0.3, -0.25) is 19.0 Å². The zero-order valence-corrected chi connectivity index (χ0v) is 23.6. The average molecular weight is 602 g/mol. The number of carboxylic acid groups (broad SMARTS) is 1. The summed E-state index contributed by atoms with van der Waals surface area (Å²) in [6, 6.07) is 22.1. The number of carbonyl (C=O) groups is 3. The van der Waals surface area contributed by atoms with Gasteiger partial charge < -0.3 is 14.9 Å². The number of pyridine rings is 1. The van der Waals surface area contributed by atoms with Gasteiger partial charge in [-0.05, 0) is 46.8 Å². The molecule has 1 fully saturated rings. The van der Waals surface area contributed by atoms with Crippen molar-refractivity contribution in [2.75, 3.05) is 26.2 Å². The lowest BCUT2D eigenvalue weighted by atomic mass is 9.94. The Morgan fingerprint density at radius 3 is 2.12 bits per heavy atom. The molecule has 8 nitrogen and oxygen atoms in total. The standard InChI is InChI=1S/C31H28BrN3O5/c1-2-26(36)28-27(21-6-4-3-5-7-21)25-18-23(32)12-13-24(25)30(38)35(28)19-20-8-10-22(11-9-20)29(37)33-14-16-34(17-15-33)31(39)40/h3-13,18H,2,14-17,19H2,1H3,(H,39,40). The van der Waals surface area contributed by atoms with Gasteiger partial charge >= 0.3 is 6.09 Å². The molecule has 0 spiro atoms. The van der Waals surface area contributed by atoms with Crippen LogP contribution in [0.5, 0.6) is 0 Å². The maximum Gasteiger partial charge on any atom is 0.407 e. The van der Waals surface area contributed by atoms with Crippen molar-refractivity contribution >= 4 is 44.5 Å². The highest BCUT2D eigenvalue weighted by molar-refractivity contribution is 9.10. The number of amides is 2. The second-order valence-electron chi connectivity index (χ2n) is 9.71. The predicted molar refractivity (Wildman–Crippen MR) is 157 cm³/mol. The van der Waals surface area contributed by atoms with Crippen molar-refractivity contribution in [1.82, 2.24) is 14.4 Å². The first-order valence-corrected chi connectivity index (χ1v) is 13.9. The van der Waals surface area contributed by atoms with E-state index in [1.165, 1.54) is 4.90 Å². The Balaban J connectivity index is 1.53. The number of rotatable bonds is 6. The Hall–Kier alpha value is -4.24. The molecule has 2 heterocycles. The van der Waals surface area contributed by atoms with Crippen LogP contribution in [-0.2, 0) is 6.54 Å². The fourth-order valence-corrected chi connectivity index (χ4v) is 5.50. The number of hydrogen-bond acceptors (Lipinski definition) is 4. The van der Waals surface area contributed by atoms with Crippen molar-refractivity contribution in [3.63, 3.8) is 0 Å². The highest BCUT2D eigenvalue weighted by atomic mass is 79.9. The summed E-state index contributed by atoms with van der Waals surface area (Å²) in [5, 5.41) is 10.4. The van der Waals surface area contributed by atoms with E-state index in [4.69, 9.17) is 5.11 Å². The molecule has 1 aliphatic rings. The average Bonchev–Trinajstić information content (AvgIpc) is 2.98. The van der Waals surface area contributed by atoms with Crippen LogP contribution < -0.4 is 5.56 Å². The van der Waals surface area contributed by atoms with E-state index in [0.29, 0.717) is 35.1 Å². The second kappa shape index (κ2) is 11.5. The summed E-state index contributed by atoms with van der Waals surface area (Å²) < 4.78 is 2.36. The molecule has 0 atom stereocenters. The van der Waals surface area contributed by atoms with Gasteiger partial charge in [0.2, 0.25) is 0 Å². The molecule has 4 aromatic rings. The van der Waals surface area contributed by atoms with Gasteiger partial charge in [-0.2, -0.15) is 0 Å². The summed E-state index contributed by atoms with van der Waals surface area (Å²) in [7, 11) is 0. The van der Waals surface area contributed by atoms with Crippen LogP contribution in [0.1, 0.15) is 39.8 Å². The molecule has 1 saturated heterocycles. The van der Waals surface area contributed by atoms with E-state index in [9.17, 15) is 19.2 Å². The number of benzene rings is 3. The zero-order valence-electron chi connectivity index (χ0n) is 22.0. The number of carbonyl (C=O) groups excluding carboxylic acids is 2. The third-order valence-corrected chi connectivity index (χ3v) is 7.75. The molecule has 2 amide bonds. The maximum absolute atomic E-state index is 13.8. The van der Waals surface area contributed by atoms with Crippen LogP contribution in [0.2, 0.25) is 0 Å². The number of ketones is 1. The molecular weight excluding hydrogens is 574 g/mol. The normalized spacial score (nSPS) is 13.4. The summed E-state index contributed by atoms with van der Waals surface area (Å²) in [6.45, 7) is 3.17. The third kappa shape index (κ3) is 5.29. The molecule has 0 saturated carbocycles. The van der Waals surface area contributed by atoms with Crippen LogP contribution in [0.25, 0.3) is 21.9 Å². The molecule has 5 rings (SSSR count). The number of nitrogens with zero attached hydrogens (tertiary/aromatic N) is 3. The Bertz CT molecular complexity index is 1660. The summed E-state index contributed by atoms with van der Waals surface area (Å²) in [4.78, 5) is 54.4. The van der Waals surface area contributed by atoms with E-state index in [1.54, 1.807) is 46.7 Å². The van der Waals surface area contributed by atoms with Crippen molar-refractivity contribution in [3.05, 3.63) is 104 Å². The first-order chi connectivity index (χ1) is 19.3. The Kier molecular flexibility index (Phi) is 7.84. The van der Waals surface area contributed by atoms with E-state index < -0.39 is 6.09 Å².